The monoisotopic (exact) mass is 486 g/mol. The summed E-state index contributed by atoms with van der Waals surface area (Å²) in [5.74, 6) is -1.50. The van der Waals surface area contributed by atoms with Crippen LogP contribution in [-0.4, -0.2) is 46.7 Å². The Hall–Kier alpha value is -3.51. The molecule has 0 spiro atoms. The third-order valence-corrected chi connectivity index (χ3v) is 5.87. The Morgan fingerprint density at radius 1 is 1.31 bits per heavy atom. The first-order valence-corrected chi connectivity index (χ1v) is 11.3. The van der Waals surface area contributed by atoms with E-state index in [4.69, 9.17) is 5.26 Å². The predicted molar refractivity (Wildman–Crippen MR) is 104 cm³/mol. The van der Waals surface area contributed by atoms with E-state index in [1.54, 1.807) is 0 Å². The van der Waals surface area contributed by atoms with Gasteiger partial charge in [0, 0.05) is 11.8 Å². The minimum Gasteiger partial charge on any atom is -0.406 e. The first-order chi connectivity index (χ1) is 14.9. The van der Waals surface area contributed by atoms with E-state index < -0.39 is 38.8 Å². The van der Waals surface area contributed by atoms with Crippen LogP contribution in [0.25, 0.3) is 5.13 Å². The number of carbonyl (C=O) groups is 1. The fourth-order valence-corrected chi connectivity index (χ4v) is 3.91. The lowest BCUT2D eigenvalue weighted by Gasteiger charge is -2.15. The molecule has 0 aliphatic carbocycles. The van der Waals surface area contributed by atoms with Crippen molar-refractivity contribution in [1.29, 1.82) is 5.26 Å². The molecular weight excluding hydrogens is 473 g/mol. The summed E-state index contributed by atoms with van der Waals surface area (Å²) in [4.78, 5) is 20.6. The van der Waals surface area contributed by atoms with Gasteiger partial charge in [-0.05, 0) is 25.1 Å². The van der Waals surface area contributed by atoms with Crippen LogP contribution in [0.4, 0.5) is 13.2 Å². The van der Waals surface area contributed by atoms with Crippen LogP contribution >= 0.6 is 11.3 Å². The summed E-state index contributed by atoms with van der Waals surface area (Å²) < 4.78 is 66.6. The topological polar surface area (TPSA) is 140 Å². The highest BCUT2D eigenvalue weighted by Crippen LogP contribution is 2.27. The number of benzene rings is 1. The zero-order valence-electron chi connectivity index (χ0n) is 16.3. The molecule has 1 amide bonds. The summed E-state index contributed by atoms with van der Waals surface area (Å²) in [5, 5.41) is 15.8. The number of nitriles is 1. The molecule has 2 heterocycles. The number of alkyl halides is 3. The number of aromatic nitrogens is 4. The van der Waals surface area contributed by atoms with Crippen LogP contribution in [0.2, 0.25) is 0 Å². The van der Waals surface area contributed by atoms with Crippen molar-refractivity contribution in [2.45, 2.75) is 24.2 Å². The Bertz CT molecular complexity index is 1310. The van der Waals surface area contributed by atoms with Gasteiger partial charge >= 0.3 is 6.36 Å². The number of amides is 1. The van der Waals surface area contributed by atoms with Gasteiger partial charge in [-0.2, -0.15) is 15.0 Å². The Kier molecular flexibility index (Phi) is 6.19. The molecule has 3 aromatic rings. The molecule has 2 aromatic heterocycles. The molecule has 0 saturated heterocycles. The second-order valence-electron chi connectivity index (χ2n) is 6.36. The van der Waals surface area contributed by atoms with Crippen molar-refractivity contribution in [2.24, 2.45) is 0 Å². The Labute approximate surface area is 183 Å². The van der Waals surface area contributed by atoms with Gasteiger partial charge in [-0.15, -0.1) is 13.2 Å². The summed E-state index contributed by atoms with van der Waals surface area (Å²) in [6, 6.07) is 3.51. The van der Waals surface area contributed by atoms with Crippen LogP contribution in [0.15, 0.2) is 35.6 Å². The zero-order valence-corrected chi connectivity index (χ0v) is 17.9. The van der Waals surface area contributed by atoms with Crippen LogP contribution in [-0.2, 0) is 9.84 Å². The second kappa shape index (κ2) is 8.55. The largest absolute Gasteiger partial charge is 0.573 e. The van der Waals surface area contributed by atoms with E-state index in [1.807, 2.05) is 6.07 Å². The third-order valence-electron chi connectivity index (χ3n) is 3.90. The van der Waals surface area contributed by atoms with Crippen molar-refractivity contribution in [3.05, 3.63) is 47.0 Å². The summed E-state index contributed by atoms with van der Waals surface area (Å²) >= 11 is 1.04. The van der Waals surface area contributed by atoms with Gasteiger partial charge in [-0.3, -0.25) is 4.79 Å². The van der Waals surface area contributed by atoms with E-state index in [0.29, 0.717) is 16.1 Å². The van der Waals surface area contributed by atoms with E-state index >= 15 is 0 Å². The Balaban J connectivity index is 1.90. The van der Waals surface area contributed by atoms with Gasteiger partial charge in [-0.1, -0.05) is 11.3 Å². The van der Waals surface area contributed by atoms with E-state index in [-0.39, 0.29) is 11.4 Å². The first-order valence-electron chi connectivity index (χ1n) is 8.55. The number of halogens is 3. The van der Waals surface area contributed by atoms with Crippen LogP contribution in [0.1, 0.15) is 34.0 Å². The van der Waals surface area contributed by atoms with Crippen molar-refractivity contribution < 1.29 is 31.1 Å². The number of nitrogens with one attached hydrogen (secondary N) is 1. The molecule has 0 unspecified atom stereocenters. The molecular formula is C17H13F3N6O4S2. The zero-order chi connectivity index (χ0) is 23.7. The number of ether oxygens (including phenoxy) is 1. The van der Waals surface area contributed by atoms with Crippen LogP contribution in [0.3, 0.4) is 0 Å². The maximum atomic E-state index is 12.7. The smallest absolute Gasteiger partial charge is 0.406 e. The van der Waals surface area contributed by atoms with Crippen molar-refractivity contribution >= 4 is 27.1 Å². The normalized spacial score (nSPS) is 12.8. The van der Waals surface area contributed by atoms with Crippen molar-refractivity contribution in [3.63, 3.8) is 0 Å². The van der Waals surface area contributed by atoms with Gasteiger partial charge in [0.15, 0.2) is 15.7 Å². The Morgan fingerprint density at radius 3 is 2.62 bits per heavy atom. The van der Waals surface area contributed by atoms with E-state index in [1.165, 1.54) is 24.1 Å². The average Bonchev–Trinajstić information content (AvgIpc) is 3.34. The molecule has 10 nitrogen and oxygen atoms in total. The lowest BCUT2D eigenvalue weighted by molar-refractivity contribution is -0.274. The summed E-state index contributed by atoms with van der Waals surface area (Å²) in [6.07, 6.45) is -1.75. The van der Waals surface area contributed by atoms with Gasteiger partial charge in [0.05, 0.1) is 17.1 Å². The quantitative estimate of drug-likeness (QED) is 0.560. The van der Waals surface area contributed by atoms with Crippen LogP contribution < -0.4 is 10.1 Å². The lowest BCUT2D eigenvalue weighted by Crippen LogP contribution is -2.29. The number of carbonyl (C=O) groups excluding carboxylic acids is 1. The highest BCUT2D eigenvalue weighted by atomic mass is 32.2. The SMILES string of the molecule is C[C@H](NC(=O)c1cc(OC(F)(F)F)cc(S(C)(=O)=O)c1)c1ncnn1-c1ncc(C#N)s1. The molecule has 32 heavy (non-hydrogen) atoms. The number of rotatable bonds is 6. The Morgan fingerprint density at radius 2 is 2.03 bits per heavy atom. The van der Waals surface area contributed by atoms with Gasteiger partial charge < -0.3 is 10.1 Å². The molecule has 0 bridgehead atoms. The minimum absolute atomic E-state index is 0.225. The van der Waals surface area contributed by atoms with Gasteiger partial charge in [0.25, 0.3) is 5.91 Å². The molecule has 0 aliphatic heterocycles. The third kappa shape index (κ3) is 5.39. The lowest BCUT2D eigenvalue weighted by atomic mass is 10.2. The van der Waals surface area contributed by atoms with Gasteiger partial charge in [0.1, 0.15) is 23.0 Å². The predicted octanol–water partition coefficient (Wildman–Crippen LogP) is 2.39. The van der Waals surface area contributed by atoms with Crippen molar-refractivity contribution in [3.8, 4) is 17.0 Å². The summed E-state index contributed by atoms with van der Waals surface area (Å²) in [7, 11) is -3.94. The molecule has 1 atom stereocenters. The van der Waals surface area contributed by atoms with Crippen molar-refractivity contribution in [1.82, 2.24) is 25.1 Å². The standard InChI is InChI=1S/C17H13F3N6O4S2/c1-9(14-23-8-24-26(14)16-22-7-12(6-21)31-16)25-15(27)10-3-11(30-17(18,19)20)5-13(4-10)32(2,28)29/h3-5,7-9H,1-2H3,(H,25,27)/t9-/m0/s1. The highest BCUT2D eigenvalue weighted by Gasteiger charge is 2.32. The average molecular weight is 486 g/mol. The number of hydrogen-bond donors (Lipinski definition) is 1. The molecule has 0 radical (unpaired) electrons. The summed E-state index contributed by atoms with van der Waals surface area (Å²) in [5.41, 5.74) is -0.369. The van der Waals surface area contributed by atoms with Crippen LogP contribution in [0, 0.1) is 11.3 Å². The molecule has 15 heteroatoms. The first kappa shape index (κ1) is 23.2. The molecule has 0 saturated carbocycles. The second-order valence-corrected chi connectivity index (χ2v) is 9.38. The maximum absolute atomic E-state index is 12.7. The van der Waals surface area contributed by atoms with E-state index in [2.05, 4.69) is 25.1 Å². The number of thiazole rings is 1. The fraction of sp³-hybridized carbons (Fsp3) is 0.235. The summed E-state index contributed by atoms with van der Waals surface area (Å²) in [6.45, 7) is 1.53. The maximum Gasteiger partial charge on any atom is 0.573 e. The fourth-order valence-electron chi connectivity index (χ4n) is 2.56. The van der Waals surface area contributed by atoms with Gasteiger partial charge in [0.2, 0.25) is 5.13 Å². The van der Waals surface area contributed by atoms with Crippen LogP contribution in [0.5, 0.6) is 5.75 Å². The molecule has 3 rings (SSSR count). The van der Waals surface area contributed by atoms with E-state index in [9.17, 15) is 26.4 Å². The molecule has 1 aromatic carbocycles. The van der Waals surface area contributed by atoms with Crippen molar-refractivity contribution in [2.75, 3.05) is 6.26 Å². The molecule has 0 aliphatic rings. The van der Waals surface area contributed by atoms with E-state index in [0.717, 1.165) is 29.7 Å². The number of hydrogen-bond acceptors (Lipinski definition) is 9. The molecule has 1 N–H and O–H groups in total. The van der Waals surface area contributed by atoms with Gasteiger partial charge in [-0.25, -0.2) is 18.4 Å². The molecule has 168 valence electrons. The number of nitrogens with zero attached hydrogens (tertiary/aromatic N) is 5. The molecule has 0 fully saturated rings. The minimum atomic E-state index is -5.08. The highest BCUT2D eigenvalue weighted by molar-refractivity contribution is 7.90. The number of sulfone groups is 1.